The number of carbonyl (C=O) groups excluding carboxylic acids is 5. The number of carboxylic acids is 1. The largest absolute Gasteiger partial charge is 0.479 e. The first-order valence-corrected chi connectivity index (χ1v) is 48.1. The molecule has 0 aliphatic carbocycles. The monoisotopic (exact) mass is 1920 g/mol. The van der Waals surface area contributed by atoms with Crippen molar-refractivity contribution in [2.45, 2.75) is 146 Å². The molecule has 0 saturated carbocycles. The first kappa shape index (κ1) is 95.2. The lowest BCUT2D eigenvalue weighted by Gasteiger charge is -2.29. The molecule has 3 atom stereocenters. The molecule has 0 radical (unpaired) electrons. The third kappa shape index (κ3) is 19.1. The van der Waals surface area contributed by atoms with Crippen LogP contribution in [0.5, 0.6) is 0 Å². The van der Waals surface area contributed by atoms with Gasteiger partial charge in [0.2, 0.25) is 0 Å². The molecule has 6 amide bonds. The van der Waals surface area contributed by atoms with E-state index in [-0.39, 0.29) is 31.3 Å². The van der Waals surface area contributed by atoms with Gasteiger partial charge in [0.05, 0.1) is 77.2 Å². The van der Waals surface area contributed by atoms with Gasteiger partial charge in [0.15, 0.2) is 35.8 Å². The van der Waals surface area contributed by atoms with Crippen LogP contribution >= 0.6 is 68.8 Å². The van der Waals surface area contributed by atoms with Crippen molar-refractivity contribution < 1.29 is 57.6 Å². The van der Waals surface area contributed by atoms with E-state index in [0.717, 1.165) is 156 Å². The number of fused-ring (bicyclic) bond motifs is 6. The number of benzene rings is 9. The number of nitrogens with one attached hydrogen (secondary N) is 1. The molecule has 9 heterocycles. The zero-order valence-electron chi connectivity index (χ0n) is 78.2. The van der Waals surface area contributed by atoms with Crippen molar-refractivity contribution in [1.29, 1.82) is 0 Å². The van der Waals surface area contributed by atoms with Crippen molar-refractivity contribution in [2.24, 2.45) is 21.1 Å². The van der Waals surface area contributed by atoms with E-state index in [1.807, 2.05) is 260 Å². The number of amides is 6. The highest BCUT2D eigenvalue weighted by Crippen LogP contribution is 2.51. The lowest BCUT2D eigenvalue weighted by molar-refractivity contribution is -0.167. The van der Waals surface area contributed by atoms with Crippen molar-refractivity contribution in [3.63, 3.8) is 0 Å². The van der Waals surface area contributed by atoms with Crippen molar-refractivity contribution in [3.8, 4) is 65.1 Å². The second-order valence-electron chi connectivity index (χ2n) is 36.2. The minimum Gasteiger partial charge on any atom is -0.479 e. The molecule has 0 unspecified atom stereocenters. The number of aliphatic carboxylic acids is 1. The lowest BCUT2D eigenvalue weighted by Crippen LogP contribution is -2.31. The normalized spacial score (nSPS) is 14.6. The third-order valence-electron chi connectivity index (χ3n) is 23.4. The number of rotatable bonds is 22. The fourth-order valence-corrected chi connectivity index (χ4v) is 21.2. The van der Waals surface area contributed by atoms with Crippen molar-refractivity contribution in [3.05, 3.63) is 194 Å². The Labute approximate surface area is 803 Å². The van der Waals surface area contributed by atoms with E-state index in [2.05, 4.69) is 16.5 Å². The number of aromatic nitrogens is 9. The Kier molecular flexibility index (Phi) is 27.0. The van der Waals surface area contributed by atoms with Gasteiger partial charge in [-0.25, -0.2) is 43.7 Å². The van der Waals surface area contributed by atoms with Crippen molar-refractivity contribution >= 4 is 186 Å². The van der Waals surface area contributed by atoms with E-state index in [4.69, 9.17) is 83.6 Å². The maximum Gasteiger partial charge on any atom is 0.339 e. The number of urea groups is 3. The molecule has 33 heteroatoms. The topological polar surface area (TPSA) is 289 Å². The van der Waals surface area contributed by atoms with E-state index in [9.17, 15) is 33.9 Å². The number of hydrogen-bond donors (Lipinski definition) is 2. The highest BCUT2D eigenvalue weighted by Gasteiger charge is 2.40. The van der Waals surface area contributed by atoms with Crippen molar-refractivity contribution in [2.75, 3.05) is 80.3 Å². The van der Waals surface area contributed by atoms with Gasteiger partial charge in [0, 0.05) is 155 Å². The summed E-state index contributed by atoms with van der Waals surface area (Å²) in [6, 6.07) is 46.6. The zero-order chi connectivity index (χ0) is 95.7. The van der Waals surface area contributed by atoms with E-state index in [1.165, 1.54) is 11.3 Å². The molecule has 696 valence electrons. The number of anilines is 3. The fraction of sp³-hybridized carbons (Fsp3) is 0.347. The highest BCUT2D eigenvalue weighted by atomic mass is 35.5. The van der Waals surface area contributed by atoms with Crippen LogP contribution in [-0.2, 0) is 59.2 Å². The molecule has 6 aromatic heterocycles. The molecular weight excluding hydrogens is 1820 g/mol. The third-order valence-corrected chi connectivity index (χ3v) is 27.6. The molecule has 2 N–H and O–H groups in total. The Balaban J connectivity index is 0.000000146. The number of carbonyl (C=O) groups is 6. The van der Waals surface area contributed by atoms with Gasteiger partial charge in [-0.1, -0.05) is 71.2 Å². The van der Waals surface area contributed by atoms with Crippen LogP contribution in [0.1, 0.15) is 142 Å². The predicted molar refractivity (Wildman–Crippen MR) is 536 cm³/mol. The van der Waals surface area contributed by atoms with E-state index < -0.39 is 53.0 Å². The Bertz CT molecular complexity index is 7130. The Morgan fingerprint density at radius 3 is 0.993 bits per heavy atom. The summed E-state index contributed by atoms with van der Waals surface area (Å²) in [7, 11) is 5.64. The van der Waals surface area contributed by atoms with Crippen LogP contribution in [0, 0.1) is 20.8 Å². The van der Waals surface area contributed by atoms with Gasteiger partial charge < -0.3 is 43.9 Å². The smallest absolute Gasteiger partial charge is 0.339 e. The summed E-state index contributed by atoms with van der Waals surface area (Å²) >= 11 is 23.4. The summed E-state index contributed by atoms with van der Waals surface area (Å²) in [5.41, 5.74) is 15.6. The first-order valence-electron chi connectivity index (χ1n) is 44.5. The van der Waals surface area contributed by atoms with Gasteiger partial charge in [-0.3, -0.25) is 28.7 Å². The average molecular weight is 1920 g/mol. The molecular formula is C101H106Cl3N15O12S3. The lowest BCUT2D eigenvalue weighted by atomic mass is 9.91. The molecule has 134 heavy (non-hydrogen) atoms. The van der Waals surface area contributed by atoms with Crippen LogP contribution in [-0.4, -0.2) is 178 Å². The number of carboxylic acid groups (broad SMARTS) is 1. The molecule has 18 rings (SSSR count). The molecule has 15 aromatic rings. The highest BCUT2D eigenvalue weighted by molar-refractivity contribution is 7.23. The molecule has 3 aliphatic heterocycles. The van der Waals surface area contributed by atoms with Crippen LogP contribution in [0.2, 0.25) is 15.1 Å². The number of ether oxygens (including phenoxy) is 5. The molecule has 9 aromatic carbocycles. The maximum absolute atomic E-state index is 13.5. The summed E-state index contributed by atoms with van der Waals surface area (Å²) in [6.07, 6.45) is -3.09. The number of thiazole rings is 3. The number of nitrogens with zero attached hydrogens (tertiary/aromatic N) is 14. The number of aryl methyl sites for hydroxylation is 6. The zero-order valence-corrected chi connectivity index (χ0v) is 82.9. The van der Waals surface area contributed by atoms with Gasteiger partial charge in [-0.15, -0.1) is 34.0 Å². The predicted octanol–water partition coefficient (Wildman–Crippen LogP) is 23.3. The fourth-order valence-electron chi connectivity index (χ4n) is 17.5. The van der Waals surface area contributed by atoms with E-state index in [0.29, 0.717) is 90.4 Å². The first-order chi connectivity index (χ1) is 63.7. The molecule has 27 nitrogen and oxygen atoms in total. The minimum atomic E-state index is -1.19. The molecule has 3 saturated heterocycles. The van der Waals surface area contributed by atoms with E-state index >= 15 is 0 Å². The molecule has 0 spiro atoms. The number of halogens is 3. The van der Waals surface area contributed by atoms with Crippen LogP contribution in [0.3, 0.4) is 0 Å². The quantitative estimate of drug-likeness (QED) is 0.0596. The van der Waals surface area contributed by atoms with Gasteiger partial charge in [0.1, 0.15) is 15.0 Å². The molecule has 3 fully saturated rings. The standard InChI is InChI=1S/C35H38ClN5O4S.2C33H34ClN5O4S/c1-8-40-16-17-41(34(40)43)31-24-19-22(12-15-26(24)39(7)38-31)32-37-25-18-20(3)27(29(33(42)44-9-2)45-35(4,5)6)28(30(25)46-32)21-10-13-23(36)14-11-21;1-7-38-14-15-39(32(38)42)29-22-17-20(10-13-24(22)37(6)36-29)30-35-23-16-18(2)25(27(31(40)41)43-33(3,4)5)26(28(23)44-30)19-8-11-21(34)12-9-19;1-7-42-31(40)27(43-33(3,4)5)25-18(2)16-23-28(26(25)19-8-11-21(34)12-9-19)44-30(36-23)20-10-13-24-22(17-20)29(37-38(24)6)39-15-14-35-32(39)41/h10-15,18-19,29H,8-9,16-17H2,1-7H3;8-13,16-17,27H,7,14-15H2,1-6H3,(H,40,41);8-13,16-17,27H,7,14-15H2,1-6H3,(H,35,41)/t29-;2*27-/m000/s1. The number of hydrogen-bond acceptors (Lipinski definition) is 20. The van der Waals surface area contributed by atoms with Crippen LogP contribution in [0.25, 0.3) is 128 Å². The molecule has 0 bridgehead atoms. The average Bonchev–Trinajstić information content (AvgIpc) is 1.57. The minimum absolute atomic E-state index is 0.0304. The summed E-state index contributed by atoms with van der Waals surface area (Å²) < 4.78 is 38.1. The Morgan fingerprint density at radius 1 is 0.418 bits per heavy atom. The van der Waals surface area contributed by atoms with Crippen LogP contribution < -0.4 is 20.0 Å². The van der Waals surface area contributed by atoms with Gasteiger partial charge in [-0.05, 0) is 253 Å². The second kappa shape index (κ2) is 38.1. The van der Waals surface area contributed by atoms with Gasteiger partial charge in [0.25, 0.3) is 0 Å². The van der Waals surface area contributed by atoms with Crippen LogP contribution in [0.15, 0.2) is 146 Å². The summed E-state index contributed by atoms with van der Waals surface area (Å²) in [4.78, 5) is 102. The summed E-state index contributed by atoms with van der Waals surface area (Å²) in [5.74, 6) is -0.0297. The summed E-state index contributed by atoms with van der Waals surface area (Å²) in [5, 5.41) is 34.2. The number of likely N-dealkylation sites (N-methyl/N-ethyl adjacent to an activating group) is 2. The SMILES string of the molecule is CCN1CCN(c2nn(C)c3ccc(-c4nc5cc(C)c([C@H](OC(C)(C)C)C(=O)O)c(-c6ccc(Cl)cc6)c5s4)cc23)C1=O.CCOC(=O)[C@@H](OC(C)(C)C)c1c(C)cc2nc(-c3ccc4c(c3)c(N3CCN(CC)C3=O)nn4C)sc2c1-c1ccc(Cl)cc1.CCOC(=O)[C@@H](OC(C)(C)C)c1c(C)cc2nc(-c3ccc4c(c3)c(N3CCNC3=O)nn4C)sc2c1-c1ccc(Cl)cc1. The molecule has 3 aliphatic rings. The Hall–Kier alpha value is -12.0. The van der Waals surface area contributed by atoms with Gasteiger partial charge in [-0.2, -0.15) is 15.3 Å². The van der Waals surface area contributed by atoms with E-state index in [1.54, 1.807) is 72.7 Å². The summed E-state index contributed by atoms with van der Waals surface area (Å²) in [6.45, 7) is 35.9. The second-order valence-corrected chi connectivity index (χ2v) is 40.5. The Morgan fingerprint density at radius 2 is 0.716 bits per heavy atom. The van der Waals surface area contributed by atoms with Crippen molar-refractivity contribution in [1.82, 2.24) is 59.4 Å². The van der Waals surface area contributed by atoms with Crippen LogP contribution in [0.4, 0.5) is 31.8 Å². The van der Waals surface area contributed by atoms with Gasteiger partial charge >= 0.3 is 36.0 Å². The number of esters is 2. The maximum atomic E-state index is 13.5.